The molecule has 0 aliphatic rings. The second-order valence-electron chi connectivity index (χ2n) is 1.79. The molecule has 0 aliphatic heterocycles. The quantitative estimate of drug-likeness (QED) is 0.530. The lowest BCUT2D eigenvalue weighted by Crippen LogP contribution is -1.94. The zero-order valence-electron chi connectivity index (χ0n) is 5.87. The molecular weight excluding hydrogens is 141 g/mol. The second-order valence-corrected chi connectivity index (χ2v) is 1.79. The van der Waals surface area contributed by atoms with E-state index in [1.165, 1.54) is 6.08 Å². The van der Waals surface area contributed by atoms with E-state index in [9.17, 15) is 13.2 Å². The van der Waals surface area contributed by atoms with Crippen LogP contribution in [0.25, 0.3) is 0 Å². The molecule has 0 radical (unpaired) electrons. The Labute approximate surface area is 58.0 Å². The van der Waals surface area contributed by atoms with Gasteiger partial charge in [-0.05, 0) is 13.8 Å². The van der Waals surface area contributed by atoms with Crippen molar-refractivity contribution in [3.63, 3.8) is 0 Å². The minimum absolute atomic E-state index is 0.539. The van der Waals surface area contributed by atoms with E-state index in [2.05, 4.69) is 0 Å². The summed E-state index contributed by atoms with van der Waals surface area (Å²) in [5, 5.41) is 0. The van der Waals surface area contributed by atoms with Gasteiger partial charge in [0.2, 0.25) is 0 Å². The van der Waals surface area contributed by atoms with E-state index in [-0.39, 0.29) is 0 Å². The van der Waals surface area contributed by atoms with Gasteiger partial charge in [-0.2, -0.15) is 0 Å². The number of rotatable bonds is 2. The summed E-state index contributed by atoms with van der Waals surface area (Å²) in [5.41, 5.74) is -0.539. The van der Waals surface area contributed by atoms with Gasteiger partial charge in [0.1, 0.15) is 5.83 Å². The van der Waals surface area contributed by atoms with Crippen LogP contribution in [0.1, 0.15) is 13.8 Å². The lowest BCUT2D eigenvalue weighted by molar-refractivity contribution is 0.190. The molecule has 0 aromatic carbocycles. The van der Waals surface area contributed by atoms with Gasteiger partial charge in [0.25, 0.3) is 6.43 Å². The first-order valence-electron chi connectivity index (χ1n) is 2.86. The Bertz CT molecular complexity index is 152. The molecule has 0 aliphatic carbocycles. The predicted octanol–water partition coefficient (Wildman–Crippen LogP) is 3.07. The molecule has 0 aromatic heterocycles. The number of halogens is 3. The molecule has 0 atom stereocenters. The lowest BCUT2D eigenvalue weighted by atomic mass is 10.2. The van der Waals surface area contributed by atoms with Gasteiger partial charge in [-0.3, -0.25) is 0 Å². The molecule has 0 heterocycles. The summed E-state index contributed by atoms with van der Waals surface area (Å²) in [6.07, 6.45) is -0.272. The van der Waals surface area contributed by atoms with E-state index in [0.717, 1.165) is 13.0 Å². The summed E-state index contributed by atoms with van der Waals surface area (Å²) in [6, 6.07) is 0. The highest BCUT2D eigenvalue weighted by Crippen LogP contribution is 2.15. The maximum absolute atomic E-state index is 12.2. The number of alkyl halides is 2. The average molecular weight is 150 g/mol. The molecule has 0 amide bonds. The van der Waals surface area contributed by atoms with Gasteiger partial charge < -0.3 is 0 Å². The molecule has 0 spiro atoms. The zero-order valence-corrected chi connectivity index (χ0v) is 5.87. The third kappa shape index (κ3) is 2.71. The minimum Gasteiger partial charge on any atom is -0.212 e. The Kier molecular flexibility index (Phi) is 3.84. The van der Waals surface area contributed by atoms with Crippen LogP contribution >= 0.6 is 0 Å². The summed E-state index contributed by atoms with van der Waals surface area (Å²) < 4.78 is 35.7. The Balaban J connectivity index is 4.44. The SMILES string of the molecule is C/C=C\C(=C(/C)F)C(F)F. The molecule has 10 heavy (non-hydrogen) atoms. The van der Waals surface area contributed by atoms with Gasteiger partial charge in [-0.15, -0.1) is 0 Å². The Hall–Kier alpha value is -0.730. The molecule has 0 nitrogen and oxygen atoms in total. The largest absolute Gasteiger partial charge is 0.266 e. The van der Waals surface area contributed by atoms with Crippen molar-refractivity contribution in [3.05, 3.63) is 23.6 Å². The Morgan fingerprint density at radius 3 is 2.00 bits per heavy atom. The van der Waals surface area contributed by atoms with Crippen LogP contribution in [0.2, 0.25) is 0 Å². The Morgan fingerprint density at radius 2 is 1.90 bits per heavy atom. The molecule has 0 aromatic rings. The van der Waals surface area contributed by atoms with Gasteiger partial charge in [-0.1, -0.05) is 12.2 Å². The highest BCUT2D eigenvalue weighted by molar-refractivity contribution is 5.22. The van der Waals surface area contributed by atoms with Gasteiger partial charge in [-0.25, -0.2) is 13.2 Å². The Morgan fingerprint density at radius 1 is 1.40 bits per heavy atom. The van der Waals surface area contributed by atoms with Crippen molar-refractivity contribution in [2.75, 3.05) is 0 Å². The van der Waals surface area contributed by atoms with Crippen LogP contribution in [0.15, 0.2) is 23.6 Å². The van der Waals surface area contributed by atoms with Crippen molar-refractivity contribution in [2.45, 2.75) is 20.3 Å². The smallest absolute Gasteiger partial charge is 0.212 e. The number of allylic oxidation sites excluding steroid dienone is 4. The van der Waals surface area contributed by atoms with Gasteiger partial charge in [0.15, 0.2) is 0 Å². The molecular formula is C7H9F3. The first-order chi connectivity index (χ1) is 4.59. The molecule has 0 rings (SSSR count). The summed E-state index contributed by atoms with van der Waals surface area (Å²) in [4.78, 5) is 0. The molecule has 0 fully saturated rings. The van der Waals surface area contributed by atoms with Gasteiger partial charge in [0, 0.05) is 5.57 Å². The molecule has 58 valence electrons. The van der Waals surface area contributed by atoms with E-state index in [0.29, 0.717) is 0 Å². The van der Waals surface area contributed by atoms with E-state index in [4.69, 9.17) is 0 Å². The fourth-order valence-corrected chi connectivity index (χ4v) is 0.517. The highest BCUT2D eigenvalue weighted by Gasteiger charge is 2.10. The third-order valence-corrected chi connectivity index (χ3v) is 0.979. The van der Waals surface area contributed by atoms with Crippen LogP contribution in [0, 0.1) is 0 Å². The van der Waals surface area contributed by atoms with Gasteiger partial charge in [0.05, 0.1) is 0 Å². The topological polar surface area (TPSA) is 0 Å². The van der Waals surface area contributed by atoms with E-state index in [1.807, 2.05) is 0 Å². The molecule has 0 unspecified atom stereocenters. The summed E-state index contributed by atoms with van der Waals surface area (Å²) >= 11 is 0. The summed E-state index contributed by atoms with van der Waals surface area (Å²) in [7, 11) is 0. The maximum Gasteiger partial charge on any atom is 0.266 e. The highest BCUT2D eigenvalue weighted by atomic mass is 19.3. The molecule has 0 saturated heterocycles. The number of hydrogen-bond donors (Lipinski definition) is 0. The maximum atomic E-state index is 12.2. The summed E-state index contributed by atoms with van der Waals surface area (Å²) in [6.45, 7) is 2.58. The predicted molar refractivity (Wildman–Crippen MR) is 34.6 cm³/mol. The van der Waals surface area contributed by atoms with Crippen LogP contribution in [0.4, 0.5) is 13.2 Å². The average Bonchev–Trinajstić information content (AvgIpc) is 1.81. The molecule has 3 heteroatoms. The van der Waals surface area contributed by atoms with Gasteiger partial charge >= 0.3 is 0 Å². The van der Waals surface area contributed by atoms with Crippen LogP contribution in [-0.2, 0) is 0 Å². The summed E-state index contributed by atoms with van der Waals surface area (Å²) in [5.74, 6) is -0.826. The van der Waals surface area contributed by atoms with E-state index < -0.39 is 17.8 Å². The fourth-order valence-electron chi connectivity index (χ4n) is 0.517. The fraction of sp³-hybridized carbons (Fsp3) is 0.429. The molecule has 0 bridgehead atoms. The van der Waals surface area contributed by atoms with Crippen molar-refractivity contribution in [3.8, 4) is 0 Å². The van der Waals surface area contributed by atoms with Crippen LogP contribution in [-0.4, -0.2) is 6.43 Å². The van der Waals surface area contributed by atoms with Crippen LogP contribution in [0.5, 0.6) is 0 Å². The van der Waals surface area contributed by atoms with Crippen molar-refractivity contribution in [1.29, 1.82) is 0 Å². The second kappa shape index (κ2) is 4.14. The van der Waals surface area contributed by atoms with Crippen molar-refractivity contribution >= 4 is 0 Å². The van der Waals surface area contributed by atoms with Crippen LogP contribution in [0.3, 0.4) is 0 Å². The molecule has 0 saturated carbocycles. The molecule has 0 N–H and O–H groups in total. The monoisotopic (exact) mass is 150 g/mol. The number of hydrogen-bond acceptors (Lipinski definition) is 0. The lowest BCUT2D eigenvalue weighted by Gasteiger charge is -1.98. The third-order valence-electron chi connectivity index (χ3n) is 0.979. The standard InChI is InChI=1S/C7H9F3/c1-3-4-6(5(2)8)7(9)10/h3-4,7H,1-2H3/b4-3-,6-5-. The van der Waals surface area contributed by atoms with Crippen molar-refractivity contribution < 1.29 is 13.2 Å². The first-order valence-corrected chi connectivity index (χ1v) is 2.86. The zero-order chi connectivity index (χ0) is 8.15. The van der Waals surface area contributed by atoms with Crippen LogP contribution < -0.4 is 0 Å². The first kappa shape index (κ1) is 9.27. The van der Waals surface area contributed by atoms with Crippen molar-refractivity contribution in [2.24, 2.45) is 0 Å². The normalized spacial score (nSPS) is 14.6. The van der Waals surface area contributed by atoms with E-state index in [1.54, 1.807) is 6.92 Å². The van der Waals surface area contributed by atoms with Crippen molar-refractivity contribution in [1.82, 2.24) is 0 Å². The minimum atomic E-state index is -2.72. The van der Waals surface area contributed by atoms with E-state index >= 15 is 0 Å².